The SMILES string of the molecule is O=C=NCCCC(CN=C=O)CN=C=O. The molecule has 0 heterocycles. The third-order valence-electron chi connectivity index (χ3n) is 1.77. The third-order valence-corrected chi connectivity index (χ3v) is 1.77. The Kier molecular flexibility index (Phi) is 8.95. The molecule has 0 aliphatic heterocycles. The van der Waals surface area contributed by atoms with Crippen LogP contribution < -0.4 is 0 Å². The maximum atomic E-state index is 9.89. The lowest BCUT2D eigenvalue weighted by molar-refractivity contribution is 0.485. The van der Waals surface area contributed by atoms with E-state index in [1.54, 1.807) is 0 Å². The van der Waals surface area contributed by atoms with Crippen molar-refractivity contribution in [1.29, 1.82) is 0 Å². The van der Waals surface area contributed by atoms with E-state index in [9.17, 15) is 14.4 Å². The molecule has 0 aromatic heterocycles. The van der Waals surface area contributed by atoms with Crippen LogP contribution in [0.3, 0.4) is 0 Å². The van der Waals surface area contributed by atoms with Crippen LogP contribution in [0, 0.1) is 5.92 Å². The van der Waals surface area contributed by atoms with Crippen LogP contribution in [0.15, 0.2) is 15.0 Å². The zero-order valence-electron chi connectivity index (χ0n) is 8.18. The van der Waals surface area contributed by atoms with Crippen molar-refractivity contribution in [2.75, 3.05) is 19.6 Å². The van der Waals surface area contributed by atoms with Gasteiger partial charge in [0.15, 0.2) is 0 Å². The normalized spacial score (nSPS) is 10.4. The molecule has 0 fully saturated rings. The summed E-state index contributed by atoms with van der Waals surface area (Å²) in [6.45, 7) is 0.939. The maximum absolute atomic E-state index is 9.89. The summed E-state index contributed by atoms with van der Waals surface area (Å²) < 4.78 is 0. The van der Waals surface area contributed by atoms with E-state index in [1.807, 2.05) is 0 Å². The van der Waals surface area contributed by atoms with Crippen LogP contribution in [0.2, 0.25) is 0 Å². The average molecular weight is 209 g/mol. The minimum atomic E-state index is -0.00486. The fraction of sp³-hybridized carbons (Fsp3) is 0.667. The van der Waals surface area contributed by atoms with E-state index in [0.717, 1.165) is 0 Å². The van der Waals surface area contributed by atoms with E-state index in [4.69, 9.17) is 0 Å². The Balaban J connectivity index is 3.92. The molecule has 0 aromatic carbocycles. The Morgan fingerprint density at radius 3 is 1.87 bits per heavy atom. The molecule has 0 unspecified atom stereocenters. The van der Waals surface area contributed by atoms with Crippen LogP contribution in [-0.4, -0.2) is 37.9 Å². The molecule has 0 bridgehead atoms. The van der Waals surface area contributed by atoms with Gasteiger partial charge in [-0.2, -0.15) is 0 Å². The fourth-order valence-corrected chi connectivity index (χ4v) is 1.08. The van der Waals surface area contributed by atoms with Crippen LogP contribution in [0.5, 0.6) is 0 Å². The van der Waals surface area contributed by atoms with Crippen molar-refractivity contribution in [2.24, 2.45) is 20.9 Å². The summed E-state index contributed by atoms with van der Waals surface area (Å²) in [6.07, 6.45) is 5.63. The lowest BCUT2D eigenvalue weighted by atomic mass is 10.0. The summed E-state index contributed by atoms with van der Waals surface area (Å²) in [5, 5.41) is 0. The molecule has 0 spiro atoms. The largest absolute Gasteiger partial charge is 0.234 e. The first kappa shape index (κ1) is 13.1. The van der Waals surface area contributed by atoms with Crippen molar-refractivity contribution in [3.63, 3.8) is 0 Å². The molecule has 0 saturated carbocycles. The lowest BCUT2D eigenvalue weighted by Crippen LogP contribution is -2.09. The Bertz CT molecular complexity index is 291. The number of rotatable bonds is 8. The molecule has 0 atom stereocenters. The van der Waals surface area contributed by atoms with Gasteiger partial charge < -0.3 is 0 Å². The standard InChI is InChI=1S/C9H11N3O3/c13-6-10-3-1-2-9(4-11-7-14)5-12-8-15/h9H,1-5H2. The smallest absolute Gasteiger partial charge is 0.211 e. The summed E-state index contributed by atoms with van der Waals surface area (Å²) in [5.41, 5.74) is 0. The van der Waals surface area contributed by atoms with E-state index in [-0.39, 0.29) is 19.0 Å². The molecular weight excluding hydrogens is 198 g/mol. The highest BCUT2D eigenvalue weighted by Gasteiger charge is 2.06. The van der Waals surface area contributed by atoms with Gasteiger partial charge >= 0.3 is 0 Å². The summed E-state index contributed by atoms with van der Waals surface area (Å²) in [5.74, 6) is -0.00486. The van der Waals surface area contributed by atoms with E-state index in [1.165, 1.54) is 18.2 Å². The van der Waals surface area contributed by atoms with Gasteiger partial charge in [-0.3, -0.25) is 0 Å². The molecule has 0 rings (SSSR count). The molecular formula is C9H11N3O3. The molecule has 6 nitrogen and oxygen atoms in total. The Morgan fingerprint density at radius 1 is 0.867 bits per heavy atom. The fourth-order valence-electron chi connectivity index (χ4n) is 1.08. The molecule has 0 aliphatic rings. The van der Waals surface area contributed by atoms with Gasteiger partial charge in [-0.1, -0.05) is 0 Å². The third kappa shape index (κ3) is 8.47. The van der Waals surface area contributed by atoms with Crippen molar-refractivity contribution in [1.82, 2.24) is 0 Å². The minimum absolute atomic E-state index is 0.00486. The number of isocyanates is 3. The first-order chi connectivity index (χ1) is 7.35. The van der Waals surface area contributed by atoms with Gasteiger partial charge in [0.1, 0.15) is 0 Å². The lowest BCUT2D eigenvalue weighted by Gasteiger charge is -2.08. The molecule has 0 saturated heterocycles. The van der Waals surface area contributed by atoms with Crippen LogP contribution in [0.1, 0.15) is 12.8 Å². The van der Waals surface area contributed by atoms with Crippen LogP contribution in [-0.2, 0) is 14.4 Å². The Labute approximate surface area is 86.8 Å². The van der Waals surface area contributed by atoms with Crippen molar-refractivity contribution in [3.05, 3.63) is 0 Å². The highest BCUT2D eigenvalue weighted by molar-refractivity contribution is 5.33. The van der Waals surface area contributed by atoms with Crippen LogP contribution in [0.4, 0.5) is 0 Å². The van der Waals surface area contributed by atoms with Crippen molar-refractivity contribution in [3.8, 4) is 0 Å². The van der Waals surface area contributed by atoms with Gasteiger partial charge in [-0.05, 0) is 18.8 Å². The maximum Gasteiger partial charge on any atom is 0.234 e. The number of aliphatic imine (C=N–C) groups is 3. The number of nitrogens with zero attached hydrogens (tertiary/aromatic N) is 3. The molecule has 0 N–H and O–H groups in total. The second kappa shape index (κ2) is 10.2. The number of hydrogen-bond donors (Lipinski definition) is 0. The topological polar surface area (TPSA) is 88.3 Å². The molecule has 80 valence electrons. The predicted molar refractivity (Wildman–Crippen MR) is 51.7 cm³/mol. The predicted octanol–water partition coefficient (Wildman–Crippen LogP) is 0.390. The average Bonchev–Trinajstić information content (AvgIpc) is 2.27. The summed E-state index contributed by atoms with van der Waals surface area (Å²) in [6, 6.07) is 0. The monoisotopic (exact) mass is 209 g/mol. The van der Waals surface area contributed by atoms with E-state index in [2.05, 4.69) is 15.0 Å². The second-order valence-electron chi connectivity index (χ2n) is 2.85. The summed E-state index contributed by atoms with van der Waals surface area (Å²) in [7, 11) is 0. The van der Waals surface area contributed by atoms with Crippen molar-refractivity contribution in [2.45, 2.75) is 12.8 Å². The van der Waals surface area contributed by atoms with Crippen molar-refractivity contribution >= 4 is 18.2 Å². The van der Waals surface area contributed by atoms with Crippen LogP contribution >= 0.6 is 0 Å². The van der Waals surface area contributed by atoms with E-state index in [0.29, 0.717) is 19.4 Å². The molecule has 15 heavy (non-hydrogen) atoms. The molecule has 0 aromatic rings. The first-order valence-electron chi connectivity index (χ1n) is 4.46. The first-order valence-corrected chi connectivity index (χ1v) is 4.46. The minimum Gasteiger partial charge on any atom is -0.211 e. The van der Waals surface area contributed by atoms with Crippen molar-refractivity contribution < 1.29 is 14.4 Å². The van der Waals surface area contributed by atoms with Gasteiger partial charge in [-0.15, -0.1) is 0 Å². The molecule has 0 aliphatic carbocycles. The van der Waals surface area contributed by atoms with Gasteiger partial charge in [0, 0.05) is 0 Å². The quantitative estimate of drug-likeness (QED) is 0.329. The van der Waals surface area contributed by atoms with Gasteiger partial charge in [0.2, 0.25) is 18.2 Å². The molecule has 0 amide bonds. The Morgan fingerprint density at radius 2 is 1.40 bits per heavy atom. The van der Waals surface area contributed by atoms with Gasteiger partial charge in [0.25, 0.3) is 0 Å². The number of hydrogen-bond acceptors (Lipinski definition) is 6. The summed E-state index contributed by atoms with van der Waals surface area (Å²) in [4.78, 5) is 39.8. The van der Waals surface area contributed by atoms with E-state index < -0.39 is 0 Å². The van der Waals surface area contributed by atoms with Gasteiger partial charge in [0.05, 0.1) is 19.6 Å². The van der Waals surface area contributed by atoms with Gasteiger partial charge in [-0.25, -0.2) is 29.4 Å². The van der Waals surface area contributed by atoms with E-state index >= 15 is 0 Å². The second-order valence-corrected chi connectivity index (χ2v) is 2.85. The summed E-state index contributed by atoms with van der Waals surface area (Å²) >= 11 is 0. The molecule has 6 heteroatoms. The van der Waals surface area contributed by atoms with Crippen LogP contribution in [0.25, 0.3) is 0 Å². The Hall–Kier alpha value is -1.86. The number of carbonyl (C=O) groups excluding carboxylic acids is 3. The zero-order chi connectivity index (χ0) is 11.4. The highest BCUT2D eigenvalue weighted by Crippen LogP contribution is 2.07. The zero-order valence-corrected chi connectivity index (χ0v) is 8.18. The molecule has 0 radical (unpaired) electrons. The highest BCUT2D eigenvalue weighted by atomic mass is 16.1.